The number of thioether (sulfide) groups is 1. The molecule has 0 aromatic heterocycles. The summed E-state index contributed by atoms with van der Waals surface area (Å²) < 4.78 is 4.71. The molecule has 8 heteroatoms. The van der Waals surface area contributed by atoms with Gasteiger partial charge in [-0.3, -0.25) is 24.0 Å². The van der Waals surface area contributed by atoms with Gasteiger partial charge >= 0.3 is 17.9 Å². The summed E-state index contributed by atoms with van der Waals surface area (Å²) in [5.41, 5.74) is 1.33. The maximum Gasteiger partial charge on any atom is 0.314 e. The van der Waals surface area contributed by atoms with Crippen LogP contribution in [0.5, 0.6) is 0 Å². The Morgan fingerprint density at radius 1 is 0.944 bits per heavy atom. The van der Waals surface area contributed by atoms with Gasteiger partial charge in [0, 0.05) is 18.1 Å². The van der Waals surface area contributed by atoms with Gasteiger partial charge in [0.1, 0.15) is 5.78 Å². The second kappa shape index (κ2) is 10.4. The van der Waals surface area contributed by atoms with Crippen LogP contribution in [-0.2, 0) is 28.7 Å². The summed E-state index contributed by atoms with van der Waals surface area (Å²) in [4.78, 5) is 60.3. The lowest BCUT2D eigenvalue weighted by Gasteiger charge is -2.58. The highest BCUT2D eigenvalue weighted by Crippen LogP contribution is 2.67. The highest BCUT2D eigenvalue weighted by atomic mass is 32.2. The molecule has 6 atom stereocenters. The first-order chi connectivity index (χ1) is 17.0. The van der Waals surface area contributed by atoms with Gasteiger partial charge < -0.3 is 9.84 Å². The average Bonchev–Trinajstić information content (AvgIpc) is 3.17. The van der Waals surface area contributed by atoms with E-state index in [1.807, 2.05) is 0 Å². The normalized spacial score (nSPS) is 35.5. The van der Waals surface area contributed by atoms with E-state index in [-0.39, 0.29) is 41.8 Å². The Labute approximate surface area is 217 Å². The Morgan fingerprint density at radius 3 is 2.36 bits per heavy atom. The molecule has 4 aliphatic rings. The lowest BCUT2D eigenvalue weighted by Crippen LogP contribution is -2.51. The van der Waals surface area contributed by atoms with Crippen molar-refractivity contribution in [2.75, 3.05) is 5.75 Å². The third-order valence-corrected chi connectivity index (χ3v) is 11.1. The van der Waals surface area contributed by atoms with Crippen molar-refractivity contribution >= 4 is 41.2 Å². The number of carboxylic acids is 1. The van der Waals surface area contributed by atoms with Gasteiger partial charge in [-0.2, -0.15) is 0 Å². The largest absolute Gasteiger partial charge is 0.481 e. The zero-order valence-electron chi connectivity index (χ0n) is 21.6. The molecule has 4 rings (SSSR count). The fraction of sp³-hybridized carbons (Fsp3) is 0.750. The molecule has 0 spiro atoms. The van der Waals surface area contributed by atoms with Gasteiger partial charge in [-0.25, -0.2) is 0 Å². The van der Waals surface area contributed by atoms with Gasteiger partial charge in [-0.05, 0) is 86.0 Å². The SMILES string of the molecule is CC(=O)[C@H]1CCC2C3CCC4=C(SCCC(=O)OC(=O)CCC(=O)O)C(=O)CC[C@]4(C)C3CC[C@@]21C. The molecule has 198 valence electrons. The molecule has 0 aromatic rings. The zero-order valence-corrected chi connectivity index (χ0v) is 22.4. The number of ketones is 2. The molecular formula is C28H38O7S. The minimum atomic E-state index is -1.12. The molecule has 1 N–H and O–H groups in total. The highest BCUT2D eigenvalue weighted by Gasteiger charge is 2.60. The Balaban J connectivity index is 1.43. The number of allylic oxidation sites excluding steroid dienone is 1. The molecule has 0 radical (unpaired) electrons. The summed E-state index contributed by atoms with van der Waals surface area (Å²) in [5, 5.41) is 8.64. The fourth-order valence-corrected chi connectivity index (χ4v) is 9.42. The van der Waals surface area contributed by atoms with Gasteiger partial charge in [0.05, 0.1) is 24.2 Å². The number of carboxylic acid groups (broad SMARTS) is 1. The van der Waals surface area contributed by atoms with Crippen molar-refractivity contribution in [1.29, 1.82) is 0 Å². The number of esters is 2. The van der Waals surface area contributed by atoms with Crippen molar-refractivity contribution in [3.05, 3.63) is 10.5 Å². The summed E-state index contributed by atoms with van der Waals surface area (Å²) in [6.45, 7) is 6.44. The van der Waals surface area contributed by atoms with Gasteiger partial charge in [-0.15, -0.1) is 11.8 Å². The minimum absolute atomic E-state index is 0.0107. The second-order valence-electron chi connectivity index (χ2n) is 11.7. The standard InChI is InChI=1S/C28H38O7S/c1-16(29)18-6-7-19-17-4-5-21-26(36-15-12-25(34)35-24(33)9-8-23(31)32)22(30)11-14-28(21,3)20(17)10-13-27(18,19)2/h17-20H,4-15H2,1-3H3,(H,31,32)/t17?,18-,19?,20?,27-,28-/m1/s1. The maximum atomic E-state index is 13.0. The molecule has 3 saturated carbocycles. The third kappa shape index (κ3) is 4.94. The van der Waals surface area contributed by atoms with Crippen LogP contribution < -0.4 is 0 Å². The Morgan fingerprint density at radius 2 is 1.67 bits per heavy atom. The molecule has 0 aliphatic heterocycles. The number of rotatable bonds is 8. The quantitative estimate of drug-likeness (QED) is 0.348. The van der Waals surface area contributed by atoms with E-state index >= 15 is 0 Å². The van der Waals surface area contributed by atoms with Crippen LogP contribution in [0.25, 0.3) is 0 Å². The number of carbonyl (C=O) groups is 5. The van der Waals surface area contributed by atoms with Crippen LogP contribution in [-0.4, -0.2) is 40.3 Å². The van der Waals surface area contributed by atoms with Gasteiger partial charge in [0.2, 0.25) is 0 Å². The first kappa shape index (κ1) is 27.1. The molecule has 36 heavy (non-hydrogen) atoms. The first-order valence-corrected chi connectivity index (χ1v) is 14.3. The maximum absolute atomic E-state index is 13.0. The number of Topliss-reactive ketones (excluding diaryl/α,β-unsaturated/α-hetero) is 2. The van der Waals surface area contributed by atoms with Crippen molar-refractivity contribution in [2.24, 2.45) is 34.5 Å². The average molecular weight is 519 g/mol. The molecule has 3 unspecified atom stereocenters. The van der Waals surface area contributed by atoms with E-state index in [4.69, 9.17) is 9.84 Å². The number of ether oxygens (including phenoxy) is 1. The lowest BCUT2D eigenvalue weighted by atomic mass is 9.46. The number of fused-ring (bicyclic) bond motifs is 5. The highest BCUT2D eigenvalue weighted by molar-refractivity contribution is 8.04. The lowest BCUT2D eigenvalue weighted by molar-refractivity contribution is -0.160. The predicted molar refractivity (Wildman–Crippen MR) is 135 cm³/mol. The van der Waals surface area contributed by atoms with Crippen molar-refractivity contribution in [3.8, 4) is 0 Å². The smallest absolute Gasteiger partial charge is 0.314 e. The first-order valence-electron chi connectivity index (χ1n) is 13.3. The molecular weight excluding hydrogens is 480 g/mol. The van der Waals surface area contributed by atoms with Crippen LogP contribution in [0, 0.1) is 34.5 Å². The molecule has 0 heterocycles. The second-order valence-corrected chi connectivity index (χ2v) is 12.8. The van der Waals surface area contributed by atoms with E-state index < -0.39 is 17.9 Å². The number of carbonyl (C=O) groups excluding carboxylic acids is 4. The molecule has 0 bridgehead atoms. The van der Waals surface area contributed by atoms with Gasteiger partial charge in [0.25, 0.3) is 0 Å². The predicted octanol–water partition coefficient (Wildman–Crippen LogP) is 5.11. The molecule has 3 fully saturated rings. The molecule has 0 amide bonds. The molecule has 0 saturated heterocycles. The van der Waals surface area contributed by atoms with Crippen LogP contribution in [0.1, 0.15) is 91.4 Å². The zero-order chi connectivity index (χ0) is 26.3. The van der Waals surface area contributed by atoms with E-state index in [0.717, 1.165) is 49.9 Å². The van der Waals surface area contributed by atoms with Gasteiger partial charge in [-0.1, -0.05) is 13.8 Å². The van der Waals surface area contributed by atoms with E-state index in [0.29, 0.717) is 35.7 Å². The van der Waals surface area contributed by atoms with Gasteiger partial charge in [0.15, 0.2) is 5.78 Å². The van der Waals surface area contributed by atoms with Crippen molar-refractivity contribution in [1.82, 2.24) is 0 Å². The Hall–Kier alpha value is -1.96. The van der Waals surface area contributed by atoms with Crippen molar-refractivity contribution in [2.45, 2.75) is 91.4 Å². The van der Waals surface area contributed by atoms with Crippen LogP contribution in [0.4, 0.5) is 0 Å². The topological polar surface area (TPSA) is 115 Å². The van der Waals surface area contributed by atoms with Crippen LogP contribution in [0.15, 0.2) is 10.5 Å². The monoisotopic (exact) mass is 518 g/mol. The van der Waals surface area contributed by atoms with Crippen molar-refractivity contribution in [3.63, 3.8) is 0 Å². The van der Waals surface area contributed by atoms with Crippen LogP contribution in [0.2, 0.25) is 0 Å². The fourth-order valence-electron chi connectivity index (χ4n) is 8.18. The number of aliphatic carboxylic acids is 1. The van der Waals surface area contributed by atoms with Crippen molar-refractivity contribution < 1.29 is 33.8 Å². The minimum Gasteiger partial charge on any atom is -0.481 e. The summed E-state index contributed by atoms with van der Waals surface area (Å²) in [5.74, 6) is 0.0581. The number of hydrogen-bond acceptors (Lipinski definition) is 7. The Bertz CT molecular complexity index is 1000. The molecule has 7 nitrogen and oxygen atoms in total. The van der Waals surface area contributed by atoms with E-state index in [9.17, 15) is 24.0 Å². The Kier molecular flexibility index (Phi) is 7.84. The summed E-state index contributed by atoms with van der Waals surface area (Å²) in [6, 6.07) is 0. The molecule has 0 aromatic carbocycles. The van der Waals surface area contributed by atoms with Crippen LogP contribution >= 0.6 is 11.8 Å². The van der Waals surface area contributed by atoms with Crippen LogP contribution in [0.3, 0.4) is 0 Å². The van der Waals surface area contributed by atoms with E-state index in [1.165, 1.54) is 17.3 Å². The summed E-state index contributed by atoms with van der Waals surface area (Å²) >= 11 is 1.40. The van der Waals surface area contributed by atoms with E-state index in [2.05, 4.69) is 13.8 Å². The van der Waals surface area contributed by atoms with E-state index in [1.54, 1.807) is 6.92 Å². The summed E-state index contributed by atoms with van der Waals surface area (Å²) in [6.07, 6.45) is 6.91. The summed E-state index contributed by atoms with van der Waals surface area (Å²) in [7, 11) is 0. The third-order valence-electron chi connectivity index (χ3n) is 9.89. The molecule has 4 aliphatic carbocycles. The number of hydrogen-bond donors (Lipinski definition) is 1.